The van der Waals surface area contributed by atoms with Gasteiger partial charge in [0, 0.05) is 38.1 Å². The van der Waals surface area contributed by atoms with E-state index in [-0.39, 0.29) is 0 Å². The molecular weight excluding hydrogens is 236 g/mol. The highest BCUT2D eigenvalue weighted by Gasteiger charge is 2.22. The first-order valence-electron chi connectivity index (χ1n) is 7.02. The van der Waals surface area contributed by atoms with E-state index in [1.807, 2.05) is 0 Å². The molecule has 2 aromatic heterocycles. The van der Waals surface area contributed by atoms with Gasteiger partial charge in [-0.3, -0.25) is 4.90 Å². The number of fused-ring (bicyclic) bond motifs is 1. The standard InChI is InChI=1S/C15H22N4/c1-11-3-4-15-17-14(10-19(15)7-11)9-18-6-12(2)5-13(16)8-18/h3-4,7,10,12-13H,5-6,8-9,16H2,1-2H3. The van der Waals surface area contributed by atoms with Crippen LogP contribution in [0.15, 0.2) is 24.5 Å². The molecule has 0 aromatic carbocycles. The number of hydrogen-bond acceptors (Lipinski definition) is 3. The zero-order valence-electron chi connectivity index (χ0n) is 11.7. The normalized spacial score (nSPS) is 25.0. The number of aryl methyl sites for hydroxylation is 1. The van der Waals surface area contributed by atoms with Crippen LogP contribution in [0.1, 0.15) is 24.6 Å². The average Bonchev–Trinajstić information content (AvgIpc) is 2.68. The molecule has 0 bridgehead atoms. The fraction of sp³-hybridized carbons (Fsp3) is 0.533. The van der Waals surface area contributed by atoms with Crippen LogP contribution in [0, 0.1) is 12.8 Å². The lowest BCUT2D eigenvalue weighted by molar-refractivity contribution is 0.157. The number of nitrogens with two attached hydrogens (primary N) is 1. The summed E-state index contributed by atoms with van der Waals surface area (Å²) >= 11 is 0. The van der Waals surface area contributed by atoms with E-state index in [2.05, 4.69) is 52.7 Å². The van der Waals surface area contributed by atoms with E-state index >= 15 is 0 Å². The number of hydrogen-bond donors (Lipinski definition) is 1. The van der Waals surface area contributed by atoms with E-state index in [4.69, 9.17) is 5.73 Å². The Balaban J connectivity index is 1.77. The van der Waals surface area contributed by atoms with Crippen LogP contribution in [0.5, 0.6) is 0 Å². The van der Waals surface area contributed by atoms with E-state index in [0.717, 1.165) is 37.4 Å². The molecule has 0 saturated carbocycles. The van der Waals surface area contributed by atoms with Crippen molar-refractivity contribution in [2.24, 2.45) is 11.7 Å². The zero-order chi connectivity index (χ0) is 13.4. The molecule has 0 radical (unpaired) electrons. The molecule has 0 amide bonds. The van der Waals surface area contributed by atoms with Crippen molar-refractivity contribution in [3.05, 3.63) is 35.8 Å². The number of imidazole rings is 1. The first-order chi connectivity index (χ1) is 9.10. The number of likely N-dealkylation sites (tertiary alicyclic amines) is 1. The van der Waals surface area contributed by atoms with Crippen molar-refractivity contribution >= 4 is 5.65 Å². The molecule has 0 aliphatic carbocycles. The molecule has 19 heavy (non-hydrogen) atoms. The maximum atomic E-state index is 6.10. The lowest BCUT2D eigenvalue weighted by atomic mass is 9.96. The molecule has 102 valence electrons. The van der Waals surface area contributed by atoms with Gasteiger partial charge in [-0.25, -0.2) is 4.98 Å². The molecule has 3 heterocycles. The maximum Gasteiger partial charge on any atom is 0.137 e. The Morgan fingerprint density at radius 2 is 2.16 bits per heavy atom. The molecule has 3 rings (SSSR count). The van der Waals surface area contributed by atoms with Gasteiger partial charge < -0.3 is 10.1 Å². The first-order valence-corrected chi connectivity index (χ1v) is 7.02. The van der Waals surface area contributed by atoms with Crippen molar-refractivity contribution in [1.29, 1.82) is 0 Å². The number of nitrogens with zero attached hydrogens (tertiary/aromatic N) is 3. The first kappa shape index (κ1) is 12.6. The van der Waals surface area contributed by atoms with Gasteiger partial charge in [0.2, 0.25) is 0 Å². The molecule has 2 N–H and O–H groups in total. The molecular formula is C15H22N4. The summed E-state index contributed by atoms with van der Waals surface area (Å²) in [4.78, 5) is 7.10. The maximum absolute atomic E-state index is 6.10. The highest BCUT2D eigenvalue weighted by atomic mass is 15.2. The minimum Gasteiger partial charge on any atom is -0.327 e. The van der Waals surface area contributed by atoms with Crippen LogP contribution in [-0.2, 0) is 6.54 Å². The largest absolute Gasteiger partial charge is 0.327 e. The summed E-state index contributed by atoms with van der Waals surface area (Å²) in [6.07, 6.45) is 5.39. The molecule has 1 fully saturated rings. The van der Waals surface area contributed by atoms with Gasteiger partial charge in [-0.1, -0.05) is 13.0 Å². The van der Waals surface area contributed by atoms with Crippen LogP contribution < -0.4 is 5.73 Å². The van der Waals surface area contributed by atoms with Gasteiger partial charge in [-0.2, -0.15) is 0 Å². The van der Waals surface area contributed by atoms with E-state index < -0.39 is 0 Å². The van der Waals surface area contributed by atoms with Crippen LogP contribution in [0.2, 0.25) is 0 Å². The quantitative estimate of drug-likeness (QED) is 0.893. The van der Waals surface area contributed by atoms with Crippen molar-refractivity contribution in [2.75, 3.05) is 13.1 Å². The lowest BCUT2D eigenvalue weighted by Gasteiger charge is -2.34. The zero-order valence-corrected chi connectivity index (χ0v) is 11.7. The van der Waals surface area contributed by atoms with Crippen molar-refractivity contribution in [1.82, 2.24) is 14.3 Å². The van der Waals surface area contributed by atoms with E-state index in [1.54, 1.807) is 0 Å². The van der Waals surface area contributed by atoms with Gasteiger partial charge in [-0.15, -0.1) is 0 Å². The molecule has 2 atom stereocenters. The molecule has 2 unspecified atom stereocenters. The second-order valence-electron chi connectivity index (χ2n) is 6.00. The molecule has 0 spiro atoms. The Kier molecular flexibility index (Phi) is 3.29. The number of piperidine rings is 1. The van der Waals surface area contributed by atoms with Gasteiger partial charge in [0.1, 0.15) is 5.65 Å². The summed E-state index contributed by atoms with van der Waals surface area (Å²) in [5.41, 5.74) is 9.51. The molecule has 2 aromatic rings. The number of aromatic nitrogens is 2. The summed E-state index contributed by atoms with van der Waals surface area (Å²) in [6, 6.07) is 4.48. The minimum atomic E-state index is 0.308. The third-order valence-electron chi connectivity index (χ3n) is 3.80. The molecule has 1 saturated heterocycles. The average molecular weight is 258 g/mol. The lowest BCUT2D eigenvalue weighted by Crippen LogP contribution is -2.45. The van der Waals surface area contributed by atoms with Crippen LogP contribution in [0.25, 0.3) is 5.65 Å². The van der Waals surface area contributed by atoms with Crippen LogP contribution in [-0.4, -0.2) is 33.4 Å². The Hall–Kier alpha value is -1.39. The summed E-state index contributed by atoms with van der Waals surface area (Å²) in [5.74, 6) is 0.683. The van der Waals surface area contributed by atoms with Crippen molar-refractivity contribution in [2.45, 2.75) is 32.9 Å². The van der Waals surface area contributed by atoms with Gasteiger partial charge in [0.25, 0.3) is 0 Å². The molecule has 4 nitrogen and oxygen atoms in total. The summed E-state index contributed by atoms with van der Waals surface area (Å²) in [5, 5.41) is 0. The topological polar surface area (TPSA) is 46.6 Å². The summed E-state index contributed by atoms with van der Waals surface area (Å²) in [7, 11) is 0. The second kappa shape index (κ2) is 4.94. The van der Waals surface area contributed by atoms with E-state index in [9.17, 15) is 0 Å². The fourth-order valence-corrected chi connectivity index (χ4v) is 3.10. The predicted octanol–water partition coefficient (Wildman–Crippen LogP) is 1.81. The fourth-order valence-electron chi connectivity index (χ4n) is 3.10. The number of rotatable bonds is 2. The second-order valence-corrected chi connectivity index (χ2v) is 6.00. The van der Waals surface area contributed by atoms with Gasteiger partial charge >= 0.3 is 0 Å². The SMILES string of the molecule is Cc1ccc2nc(CN3CC(C)CC(N)C3)cn2c1. The highest BCUT2D eigenvalue weighted by Crippen LogP contribution is 2.17. The third kappa shape index (κ3) is 2.80. The van der Waals surface area contributed by atoms with Crippen LogP contribution in [0.3, 0.4) is 0 Å². The van der Waals surface area contributed by atoms with Gasteiger partial charge in [-0.05, 0) is 30.9 Å². The van der Waals surface area contributed by atoms with Crippen molar-refractivity contribution in [3.63, 3.8) is 0 Å². The smallest absolute Gasteiger partial charge is 0.137 e. The monoisotopic (exact) mass is 258 g/mol. The minimum absolute atomic E-state index is 0.308. The Morgan fingerprint density at radius 1 is 1.32 bits per heavy atom. The van der Waals surface area contributed by atoms with Crippen molar-refractivity contribution in [3.8, 4) is 0 Å². The van der Waals surface area contributed by atoms with Gasteiger partial charge in [0.05, 0.1) is 5.69 Å². The highest BCUT2D eigenvalue weighted by molar-refractivity contribution is 5.41. The summed E-state index contributed by atoms with van der Waals surface area (Å²) < 4.78 is 2.11. The van der Waals surface area contributed by atoms with Crippen molar-refractivity contribution < 1.29 is 0 Å². The van der Waals surface area contributed by atoms with E-state index in [0.29, 0.717) is 12.0 Å². The summed E-state index contributed by atoms with van der Waals surface area (Å²) in [6.45, 7) is 7.39. The third-order valence-corrected chi connectivity index (χ3v) is 3.80. The molecule has 1 aliphatic heterocycles. The number of pyridine rings is 1. The van der Waals surface area contributed by atoms with Crippen LogP contribution >= 0.6 is 0 Å². The Labute approximate surface area is 114 Å². The molecule has 4 heteroatoms. The Bertz CT molecular complexity index is 565. The Morgan fingerprint density at radius 3 is 2.95 bits per heavy atom. The predicted molar refractivity (Wildman–Crippen MR) is 77.0 cm³/mol. The van der Waals surface area contributed by atoms with Gasteiger partial charge in [0.15, 0.2) is 0 Å². The van der Waals surface area contributed by atoms with Crippen LogP contribution in [0.4, 0.5) is 0 Å². The van der Waals surface area contributed by atoms with E-state index in [1.165, 1.54) is 5.56 Å². The molecule has 1 aliphatic rings.